The maximum Gasteiger partial charge on any atom is 0.291 e. The Morgan fingerprint density at radius 2 is 2.33 bits per heavy atom. The largest absolute Gasteiger partial charge is 0.395 e. The van der Waals surface area contributed by atoms with E-state index in [0.29, 0.717) is 6.42 Å². The van der Waals surface area contributed by atoms with Crippen LogP contribution >= 0.6 is 11.6 Å². The quantitative estimate of drug-likeness (QED) is 0.445. The van der Waals surface area contributed by atoms with E-state index in [2.05, 4.69) is 4.98 Å². The van der Waals surface area contributed by atoms with E-state index in [1.807, 2.05) is 11.6 Å². The number of aliphatic hydroxyl groups excluding tert-OH is 1. The Morgan fingerprint density at radius 1 is 1.80 bits per heavy atom. The molecule has 8 heteroatoms. The van der Waals surface area contributed by atoms with Crippen molar-refractivity contribution in [3.63, 3.8) is 0 Å². The first kappa shape index (κ1) is 13.7. The van der Waals surface area contributed by atoms with Crippen LogP contribution in [0.4, 0.5) is 0 Å². The molecule has 1 aromatic heterocycles. The topological polar surface area (TPSA) is 101 Å². The van der Waals surface area contributed by atoms with E-state index in [-0.39, 0.29) is 12.0 Å². The summed E-state index contributed by atoms with van der Waals surface area (Å²) in [5, 5.41) is 22.1. The van der Waals surface area contributed by atoms with Gasteiger partial charge in [0.15, 0.2) is 0 Å². The van der Waals surface area contributed by atoms with Crippen LogP contribution in [0.1, 0.15) is 5.69 Å². The molecule has 0 aliphatic heterocycles. The average molecular weight is 238 g/mol. The Labute approximate surface area is 91.0 Å². The van der Waals surface area contributed by atoms with Crippen molar-refractivity contribution in [2.24, 2.45) is 7.05 Å². The fraction of sp³-hybridized carbons (Fsp3) is 0.571. The van der Waals surface area contributed by atoms with Crippen LogP contribution in [0.25, 0.3) is 0 Å². The highest BCUT2D eigenvalue weighted by Crippen LogP contribution is 2.05. The van der Waals surface area contributed by atoms with Gasteiger partial charge in [-0.15, -0.1) is 21.7 Å². The van der Waals surface area contributed by atoms with Gasteiger partial charge in [0.25, 0.3) is 5.09 Å². The molecule has 1 rings (SSSR count). The standard InChI is InChI=1S/C7H11ClN2O.HNO3/c1-10-5-9-3-7(10)2-6(8)4-11;2-1(3)4/h3,5-6,11H,2,4H2,1H3;(H,2,3,4). The maximum atomic E-state index is 8.66. The Balaban J connectivity index is 0.000000423. The van der Waals surface area contributed by atoms with Gasteiger partial charge in [0.1, 0.15) is 0 Å². The van der Waals surface area contributed by atoms with Crippen molar-refractivity contribution in [3.05, 3.63) is 28.3 Å². The van der Waals surface area contributed by atoms with Crippen LogP contribution < -0.4 is 0 Å². The second kappa shape index (κ2) is 7.02. The van der Waals surface area contributed by atoms with Gasteiger partial charge in [0.2, 0.25) is 0 Å². The molecule has 0 fully saturated rings. The minimum atomic E-state index is -1.50. The first-order valence-electron chi connectivity index (χ1n) is 4.00. The fourth-order valence-electron chi connectivity index (χ4n) is 0.873. The molecule has 0 spiro atoms. The van der Waals surface area contributed by atoms with E-state index in [1.54, 1.807) is 12.5 Å². The molecule has 0 aliphatic carbocycles. The predicted octanol–water partition coefficient (Wildman–Crippen LogP) is 0.215. The highest BCUT2D eigenvalue weighted by Gasteiger charge is 2.06. The molecule has 15 heavy (non-hydrogen) atoms. The molecule has 0 saturated heterocycles. The van der Waals surface area contributed by atoms with Gasteiger partial charge >= 0.3 is 0 Å². The predicted molar refractivity (Wildman–Crippen MR) is 52.4 cm³/mol. The van der Waals surface area contributed by atoms with Crippen LogP contribution in [0.15, 0.2) is 12.5 Å². The summed E-state index contributed by atoms with van der Waals surface area (Å²) in [7, 11) is 1.91. The van der Waals surface area contributed by atoms with Crippen molar-refractivity contribution in [1.82, 2.24) is 9.55 Å². The number of imidazole rings is 1. The number of halogens is 1. The van der Waals surface area contributed by atoms with E-state index in [9.17, 15) is 0 Å². The zero-order valence-electron chi connectivity index (χ0n) is 8.08. The van der Waals surface area contributed by atoms with Gasteiger partial charge in [-0.05, 0) is 0 Å². The van der Waals surface area contributed by atoms with Crippen LogP contribution in [0, 0.1) is 10.1 Å². The van der Waals surface area contributed by atoms with Crippen molar-refractivity contribution in [3.8, 4) is 0 Å². The van der Waals surface area contributed by atoms with E-state index >= 15 is 0 Å². The van der Waals surface area contributed by atoms with Crippen molar-refractivity contribution in [1.29, 1.82) is 0 Å². The van der Waals surface area contributed by atoms with Gasteiger partial charge in [0, 0.05) is 25.4 Å². The molecule has 0 amide bonds. The number of aliphatic hydroxyl groups is 1. The molecule has 0 saturated carbocycles. The number of nitrogens with zero attached hydrogens (tertiary/aromatic N) is 3. The minimum Gasteiger partial charge on any atom is -0.395 e. The molecule has 2 N–H and O–H groups in total. The van der Waals surface area contributed by atoms with Gasteiger partial charge < -0.3 is 14.9 Å². The minimum absolute atomic E-state index is 0.00668. The highest BCUT2D eigenvalue weighted by atomic mass is 35.5. The van der Waals surface area contributed by atoms with Gasteiger partial charge in [-0.2, -0.15) is 0 Å². The van der Waals surface area contributed by atoms with Gasteiger partial charge in [-0.25, -0.2) is 4.98 Å². The number of rotatable bonds is 3. The summed E-state index contributed by atoms with van der Waals surface area (Å²) in [6.45, 7) is 0.00668. The third-order valence-electron chi connectivity index (χ3n) is 1.55. The third kappa shape index (κ3) is 6.69. The van der Waals surface area contributed by atoms with Gasteiger partial charge in [0.05, 0.1) is 18.3 Å². The molecular weight excluding hydrogens is 226 g/mol. The lowest BCUT2D eigenvalue weighted by atomic mass is 10.2. The van der Waals surface area contributed by atoms with Crippen LogP contribution in [0.5, 0.6) is 0 Å². The molecule has 86 valence electrons. The molecule has 0 bridgehead atoms. The molecule has 7 nitrogen and oxygen atoms in total. The van der Waals surface area contributed by atoms with Crippen LogP contribution in [-0.2, 0) is 13.5 Å². The van der Waals surface area contributed by atoms with Crippen molar-refractivity contribution >= 4 is 11.6 Å². The number of hydrogen-bond donors (Lipinski definition) is 2. The van der Waals surface area contributed by atoms with E-state index in [1.165, 1.54) is 0 Å². The lowest BCUT2D eigenvalue weighted by Gasteiger charge is -2.04. The average Bonchev–Trinajstić information content (AvgIpc) is 2.51. The zero-order valence-corrected chi connectivity index (χ0v) is 8.83. The lowest BCUT2D eigenvalue weighted by Crippen LogP contribution is -2.10. The summed E-state index contributed by atoms with van der Waals surface area (Å²) in [5.74, 6) is 0. The van der Waals surface area contributed by atoms with Crippen LogP contribution in [-0.4, -0.2) is 36.9 Å². The SMILES string of the molecule is Cn1cncc1CC(Cl)CO.O=[N+]([O-])O. The number of aryl methyl sites for hydroxylation is 1. The second-order valence-corrected chi connectivity index (χ2v) is 3.33. The molecule has 1 unspecified atom stereocenters. The van der Waals surface area contributed by atoms with E-state index < -0.39 is 5.09 Å². The van der Waals surface area contributed by atoms with Crippen LogP contribution in [0.2, 0.25) is 0 Å². The molecular formula is C7H12ClN3O4. The van der Waals surface area contributed by atoms with Crippen molar-refractivity contribution < 1.29 is 15.4 Å². The molecule has 0 aliphatic rings. The summed E-state index contributed by atoms with van der Waals surface area (Å²) >= 11 is 5.74. The number of alkyl halides is 1. The molecule has 1 atom stereocenters. The number of aromatic nitrogens is 2. The second-order valence-electron chi connectivity index (χ2n) is 2.72. The van der Waals surface area contributed by atoms with E-state index in [4.69, 9.17) is 32.0 Å². The molecule has 1 aromatic rings. The maximum absolute atomic E-state index is 8.66. The summed E-state index contributed by atoms with van der Waals surface area (Å²) in [6, 6.07) is 0. The molecule has 0 radical (unpaired) electrons. The summed E-state index contributed by atoms with van der Waals surface area (Å²) in [6.07, 6.45) is 4.13. The summed E-state index contributed by atoms with van der Waals surface area (Å²) < 4.78 is 1.89. The monoisotopic (exact) mass is 237 g/mol. The zero-order chi connectivity index (χ0) is 11.8. The van der Waals surface area contributed by atoms with Crippen molar-refractivity contribution in [2.75, 3.05) is 6.61 Å². The fourth-order valence-corrected chi connectivity index (χ4v) is 1.03. The smallest absolute Gasteiger partial charge is 0.291 e. The number of hydrogen-bond acceptors (Lipinski definition) is 4. The van der Waals surface area contributed by atoms with Crippen molar-refractivity contribution in [2.45, 2.75) is 11.8 Å². The van der Waals surface area contributed by atoms with Crippen LogP contribution in [0.3, 0.4) is 0 Å². The highest BCUT2D eigenvalue weighted by molar-refractivity contribution is 6.20. The Kier molecular flexibility index (Phi) is 6.39. The summed E-state index contributed by atoms with van der Waals surface area (Å²) in [4.78, 5) is 12.3. The Bertz CT molecular complexity index is 300. The Hall–Kier alpha value is -1.34. The first-order chi connectivity index (χ1) is 6.97. The first-order valence-corrected chi connectivity index (χ1v) is 4.44. The van der Waals surface area contributed by atoms with E-state index in [0.717, 1.165) is 5.69 Å². The molecule has 1 heterocycles. The van der Waals surface area contributed by atoms with Gasteiger partial charge in [-0.1, -0.05) is 0 Å². The summed E-state index contributed by atoms with van der Waals surface area (Å²) in [5.41, 5.74) is 1.04. The van der Waals surface area contributed by atoms with Gasteiger partial charge in [-0.3, -0.25) is 0 Å². The Morgan fingerprint density at radius 3 is 2.67 bits per heavy atom. The third-order valence-corrected chi connectivity index (χ3v) is 1.84. The molecule has 0 aromatic carbocycles. The lowest BCUT2D eigenvalue weighted by molar-refractivity contribution is -0.742. The normalized spacial score (nSPS) is 11.4.